The van der Waals surface area contributed by atoms with E-state index in [-0.39, 0.29) is 12.5 Å². The normalized spacial score (nSPS) is 21.6. The van der Waals surface area contributed by atoms with Crippen molar-refractivity contribution in [2.24, 2.45) is 5.41 Å². The third kappa shape index (κ3) is 2.88. The zero-order valence-corrected chi connectivity index (χ0v) is 13.5. The van der Waals surface area contributed by atoms with E-state index in [1.165, 1.54) is 11.8 Å². The summed E-state index contributed by atoms with van der Waals surface area (Å²) in [6, 6.07) is 0. The molecule has 1 aliphatic rings. The summed E-state index contributed by atoms with van der Waals surface area (Å²) in [4.78, 5) is 34.2. The van der Waals surface area contributed by atoms with Gasteiger partial charge in [0.2, 0.25) is 0 Å². The molecule has 6 nitrogen and oxygen atoms in total. The van der Waals surface area contributed by atoms with Crippen LogP contribution in [0.2, 0.25) is 0 Å². The minimum Gasteiger partial charge on any atom is -0.481 e. The van der Waals surface area contributed by atoms with Crippen molar-refractivity contribution in [1.29, 1.82) is 0 Å². The van der Waals surface area contributed by atoms with Gasteiger partial charge in [-0.1, -0.05) is 0 Å². The Morgan fingerprint density at radius 3 is 2.52 bits per heavy atom. The molecule has 0 radical (unpaired) electrons. The highest BCUT2D eigenvalue weighted by Crippen LogP contribution is 2.32. The Labute approximate surface area is 128 Å². The maximum atomic E-state index is 12.7. The molecule has 1 unspecified atom stereocenters. The van der Waals surface area contributed by atoms with E-state index < -0.39 is 11.4 Å². The van der Waals surface area contributed by atoms with Crippen LogP contribution in [-0.2, 0) is 4.79 Å². The molecule has 2 rings (SSSR count). The van der Waals surface area contributed by atoms with E-state index in [4.69, 9.17) is 0 Å². The number of carboxylic acid groups (broad SMARTS) is 1. The monoisotopic (exact) mass is 309 g/mol. The summed E-state index contributed by atoms with van der Waals surface area (Å²) in [6.07, 6.45) is 2.33. The lowest BCUT2D eigenvalue weighted by atomic mass is 9.90. The highest BCUT2D eigenvalue weighted by Gasteiger charge is 2.42. The minimum atomic E-state index is -0.866. The van der Waals surface area contributed by atoms with Crippen LogP contribution in [-0.4, -0.2) is 51.2 Å². The summed E-state index contributed by atoms with van der Waals surface area (Å²) in [6.45, 7) is 5.92. The van der Waals surface area contributed by atoms with Gasteiger partial charge in [-0.25, -0.2) is 9.97 Å². The van der Waals surface area contributed by atoms with Crippen LogP contribution in [0.25, 0.3) is 0 Å². The van der Waals surface area contributed by atoms with Gasteiger partial charge in [0.25, 0.3) is 5.91 Å². The van der Waals surface area contributed by atoms with Gasteiger partial charge in [0.1, 0.15) is 10.9 Å². The number of aliphatic carboxylic acids is 1. The second kappa shape index (κ2) is 5.63. The lowest BCUT2D eigenvalue weighted by Gasteiger charge is -2.21. The molecule has 7 heteroatoms. The fraction of sp³-hybridized carbons (Fsp3) is 0.571. The number of rotatable bonds is 3. The van der Waals surface area contributed by atoms with Crippen LogP contribution >= 0.6 is 11.8 Å². The number of thioether (sulfide) groups is 1. The van der Waals surface area contributed by atoms with E-state index in [1.807, 2.05) is 6.26 Å². The maximum Gasteiger partial charge on any atom is 0.311 e. The van der Waals surface area contributed by atoms with Crippen molar-refractivity contribution >= 4 is 23.6 Å². The number of amides is 1. The van der Waals surface area contributed by atoms with Crippen LogP contribution in [0, 0.1) is 19.3 Å². The van der Waals surface area contributed by atoms with Crippen LogP contribution in [0.4, 0.5) is 0 Å². The van der Waals surface area contributed by atoms with Crippen molar-refractivity contribution in [3.8, 4) is 0 Å². The molecule has 0 aromatic carbocycles. The largest absolute Gasteiger partial charge is 0.481 e. The molecule has 0 aliphatic carbocycles. The molecule has 0 bridgehead atoms. The predicted molar refractivity (Wildman–Crippen MR) is 79.6 cm³/mol. The van der Waals surface area contributed by atoms with Crippen molar-refractivity contribution in [2.75, 3.05) is 19.3 Å². The lowest BCUT2D eigenvalue weighted by Crippen LogP contribution is -2.35. The Balaban J connectivity index is 2.32. The third-order valence-electron chi connectivity index (χ3n) is 3.85. The SMILES string of the molecule is CSc1nc(C)nc(C)c1C(=O)N1CCC(C)(C(=O)O)C1. The standard InChI is InChI=1S/C14H19N3O3S/c1-8-10(11(21-4)16-9(2)15-8)12(18)17-6-5-14(3,7-17)13(19)20/h5-7H2,1-4H3,(H,19,20). The van der Waals surface area contributed by atoms with Gasteiger partial charge in [0.15, 0.2) is 0 Å². The zero-order chi connectivity index (χ0) is 15.8. The molecule has 1 aliphatic heterocycles. The first-order valence-corrected chi connectivity index (χ1v) is 7.93. The number of hydrogen-bond donors (Lipinski definition) is 1. The molecule has 1 aromatic rings. The van der Waals surface area contributed by atoms with Crippen LogP contribution in [0.5, 0.6) is 0 Å². The summed E-state index contributed by atoms with van der Waals surface area (Å²) < 4.78 is 0. The predicted octanol–water partition coefficient (Wildman–Crippen LogP) is 1.75. The summed E-state index contributed by atoms with van der Waals surface area (Å²) in [5.74, 6) is -0.410. The number of carbonyl (C=O) groups excluding carboxylic acids is 1. The van der Waals surface area contributed by atoms with Gasteiger partial charge in [0.05, 0.1) is 16.7 Å². The molecule has 21 heavy (non-hydrogen) atoms. The smallest absolute Gasteiger partial charge is 0.311 e. The Hall–Kier alpha value is -1.63. The molecule has 114 valence electrons. The number of aromatic nitrogens is 2. The van der Waals surface area contributed by atoms with Gasteiger partial charge in [-0.2, -0.15) is 0 Å². The van der Waals surface area contributed by atoms with E-state index in [0.29, 0.717) is 35.1 Å². The van der Waals surface area contributed by atoms with Gasteiger partial charge in [-0.3, -0.25) is 9.59 Å². The first-order chi connectivity index (χ1) is 9.78. The summed E-state index contributed by atoms with van der Waals surface area (Å²) in [5.41, 5.74) is 0.262. The van der Waals surface area contributed by atoms with Crippen molar-refractivity contribution in [3.63, 3.8) is 0 Å². The Kier molecular flexibility index (Phi) is 4.22. The van der Waals surface area contributed by atoms with Gasteiger partial charge >= 0.3 is 5.97 Å². The molecule has 1 aromatic heterocycles. The Morgan fingerprint density at radius 2 is 2.00 bits per heavy atom. The quantitative estimate of drug-likeness (QED) is 0.676. The molecule has 1 N–H and O–H groups in total. The van der Waals surface area contributed by atoms with Gasteiger partial charge < -0.3 is 10.0 Å². The van der Waals surface area contributed by atoms with E-state index >= 15 is 0 Å². The molecule has 1 atom stereocenters. The highest BCUT2D eigenvalue weighted by molar-refractivity contribution is 7.98. The van der Waals surface area contributed by atoms with Crippen LogP contribution < -0.4 is 0 Å². The molecule has 0 saturated carbocycles. The number of hydrogen-bond acceptors (Lipinski definition) is 5. The van der Waals surface area contributed by atoms with Crippen LogP contribution in [0.1, 0.15) is 35.2 Å². The molecule has 1 amide bonds. The lowest BCUT2D eigenvalue weighted by molar-refractivity contribution is -0.147. The molecular weight excluding hydrogens is 290 g/mol. The van der Waals surface area contributed by atoms with E-state index in [1.54, 1.807) is 25.7 Å². The minimum absolute atomic E-state index is 0.179. The highest BCUT2D eigenvalue weighted by atomic mass is 32.2. The molecule has 2 heterocycles. The second-order valence-electron chi connectivity index (χ2n) is 5.58. The van der Waals surface area contributed by atoms with Gasteiger partial charge in [-0.15, -0.1) is 11.8 Å². The van der Waals surface area contributed by atoms with E-state index in [2.05, 4.69) is 9.97 Å². The number of likely N-dealkylation sites (tertiary alicyclic amines) is 1. The zero-order valence-electron chi connectivity index (χ0n) is 12.6. The van der Waals surface area contributed by atoms with Crippen LogP contribution in [0.3, 0.4) is 0 Å². The van der Waals surface area contributed by atoms with Crippen molar-refractivity contribution < 1.29 is 14.7 Å². The first-order valence-electron chi connectivity index (χ1n) is 6.70. The molecule has 0 spiro atoms. The number of carboxylic acids is 1. The molecule has 1 saturated heterocycles. The Morgan fingerprint density at radius 1 is 1.33 bits per heavy atom. The van der Waals surface area contributed by atoms with Gasteiger partial charge in [0, 0.05) is 13.1 Å². The maximum absolute atomic E-state index is 12.7. The van der Waals surface area contributed by atoms with Crippen molar-refractivity contribution in [2.45, 2.75) is 32.2 Å². The first kappa shape index (κ1) is 15.8. The summed E-state index contributed by atoms with van der Waals surface area (Å²) >= 11 is 1.40. The van der Waals surface area contributed by atoms with Gasteiger partial charge in [-0.05, 0) is 33.4 Å². The average Bonchev–Trinajstić information content (AvgIpc) is 2.81. The van der Waals surface area contributed by atoms with E-state index in [9.17, 15) is 14.7 Å². The summed E-state index contributed by atoms with van der Waals surface area (Å²) in [7, 11) is 0. The fourth-order valence-electron chi connectivity index (χ4n) is 2.54. The topological polar surface area (TPSA) is 83.4 Å². The summed E-state index contributed by atoms with van der Waals surface area (Å²) in [5, 5.41) is 9.91. The third-order valence-corrected chi connectivity index (χ3v) is 4.53. The molecular formula is C14H19N3O3S. The number of carbonyl (C=O) groups is 2. The number of nitrogens with zero attached hydrogens (tertiary/aromatic N) is 3. The molecule has 1 fully saturated rings. The van der Waals surface area contributed by atoms with Crippen LogP contribution in [0.15, 0.2) is 5.03 Å². The Bertz CT molecular complexity index is 605. The number of aryl methyl sites for hydroxylation is 2. The second-order valence-corrected chi connectivity index (χ2v) is 6.38. The van der Waals surface area contributed by atoms with Crippen molar-refractivity contribution in [3.05, 3.63) is 17.1 Å². The fourth-order valence-corrected chi connectivity index (χ4v) is 3.20. The van der Waals surface area contributed by atoms with E-state index in [0.717, 1.165) is 0 Å². The average molecular weight is 309 g/mol. The van der Waals surface area contributed by atoms with Crippen molar-refractivity contribution in [1.82, 2.24) is 14.9 Å².